The van der Waals surface area contributed by atoms with Gasteiger partial charge in [0.15, 0.2) is 0 Å². The molecule has 0 saturated carbocycles. The Balaban J connectivity index is 2.19. The minimum atomic E-state index is -0.278. The molecule has 0 saturated heterocycles. The molecule has 0 aliphatic heterocycles. The highest BCUT2D eigenvalue weighted by atomic mass is 16.5. The minimum Gasteiger partial charge on any atom is -0.438 e. The van der Waals surface area contributed by atoms with E-state index in [0.29, 0.717) is 12.3 Å². The van der Waals surface area contributed by atoms with E-state index in [1.165, 1.54) is 18.6 Å². The van der Waals surface area contributed by atoms with E-state index in [2.05, 4.69) is 22.4 Å². The van der Waals surface area contributed by atoms with Crippen LogP contribution >= 0.6 is 0 Å². The lowest BCUT2D eigenvalue weighted by atomic mass is 9.89. The van der Waals surface area contributed by atoms with E-state index in [4.69, 9.17) is 21.0 Å². The molecule has 0 aliphatic rings. The molecule has 0 aromatic heterocycles. The number of hydrogen-bond donors (Lipinski definition) is 4. The second kappa shape index (κ2) is 10.9. The zero-order valence-corrected chi connectivity index (χ0v) is 16.3. The standard InChI is InChI=1S/C22H27N5O/c1-3-27-15-22(25)28-20-10-8-18(9-11-20)21(14-26-2)17-6-4-16(5-7-17)19(12-23)13-24/h4-13,15,19,21,23-26H,3,14H2,1-2H3. The first-order valence-corrected chi connectivity index (χ1v) is 9.24. The first-order chi connectivity index (χ1) is 13.6. The van der Waals surface area contributed by atoms with Crippen molar-refractivity contribution in [1.82, 2.24) is 5.32 Å². The van der Waals surface area contributed by atoms with Gasteiger partial charge in [0.25, 0.3) is 0 Å². The van der Waals surface area contributed by atoms with Crippen molar-refractivity contribution in [2.45, 2.75) is 18.8 Å². The summed E-state index contributed by atoms with van der Waals surface area (Å²) in [5.41, 5.74) is 3.23. The van der Waals surface area contributed by atoms with Crippen molar-refractivity contribution in [2.75, 3.05) is 20.1 Å². The number of hydrogen-bond acceptors (Lipinski definition) is 6. The molecule has 0 fully saturated rings. The number of benzene rings is 2. The van der Waals surface area contributed by atoms with E-state index in [-0.39, 0.29) is 17.7 Å². The Morgan fingerprint density at radius 2 is 1.54 bits per heavy atom. The van der Waals surface area contributed by atoms with Crippen LogP contribution in [0, 0.1) is 16.2 Å². The van der Waals surface area contributed by atoms with Gasteiger partial charge in [0.05, 0.1) is 12.1 Å². The Labute approximate surface area is 166 Å². The molecular weight excluding hydrogens is 350 g/mol. The Hall–Kier alpha value is -3.12. The molecule has 4 N–H and O–H groups in total. The topological polar surface area (TPSA) is 105 Å². The fourth-order valence-corrected chi connectivity index (χ4v) is 2.92. The summed E-state index contributed by atoms with van der Waals surface area (Å²) in [6.07, 6.45) is 3.96. The maximum atomic E-state index is 7.74. The van der Waals surface area contributed by atoms with E-state index in [9.17, 15) is 0 Å². The molecule has 1 atom stereocenters. The zero-order chi connectivity index (χ0) is 20.4. The van der Waals surface area contributed by atoms with E-state index in [0.717, 1.165) is 23.2 Å². The maximum absolute atomic E-state index is 7.74. The SMILES string of the molecule is CCN=CC(=N)Oc1ccc(C(CNC)c2ccc(C(C=N)C=N)cc2)cc1. The number of nitrogens with zero attached hydrogens (tertiary/aromatic N) is 1. The molecule has 2 rings (SSSR count). The fourth-order valence-electron chi connectivity index (χ4n) is 2.92. The van der Waals surface area contributed by atoms with Gasteiger partial charge in [-0.15, -0.1) is 0 Å². The van der Waals surface area contributed by atoms with Crippen LogP contribution in [0.3, 0.4) is 0 Å². The second-order valence-corrected chi connectivity index (χ2v) is 6.30. The molecule has 2 aromatic rings. The molecular formula is C22H27N5O. The third-order valence-corrected chi connectivity index (χ3v) is 4.39. The van der Waals surface area contributed by atoms with Gasteiger partial charge in [-0.1, -0.05) is 36.4 Å². The Bertz CT molecular complexity index is 804. The molecule has 1 unspecified atom stereocenters. The largest absolute Gasteiger partial charge is 0.438 e. The van der Waals surface area contributed by atoms with Crippen molar-refractivity contribution in [3.05, 3.63) is 65.2 Å². The van der Waals surface area contributed by atoms with Crippen molar-refractivity contribution >= 4 is 24.5 Å². The van der Waals surface area contributed by atoms with Gasteiger partial charge in [-0.2, -0.15) is 0 Å². The predicted octanol–water partition coefficient (Wildman–Crippen LogP) is 3.87. The van der Waals surface area contributed by atoms with Gasteiger partial charge in [0.2, 0.25) is 5.90 Å². The quantitative estimate of drug-likeness (QED) is 0.373. The van der Waals surface area contributed by atoms with Crippen LogP contribution in [-0.2, 0) is 0 Å². The van der Waals surface area contributed by atoms with Gasteiger partial charge in [0, 0.05) is 31.4 Å². The smallest absolute Gasteiger partial charge is 0.229 e. The first-order valence-electron chi connectivity index (χ1n) is 9.24. The lowest BCUT2D eigenvalue weighted by Gasteiger charge is -2.19. The monoisotopic (exact) mass is 377 g/mol. The zero-order valence-electron chi connectivity index (χ0n) is 16.3. The second-order valence-electron chi connectivity index (χ2n) is 6.30. The number of ether oxygens (including phenoxy) is 1. The highest BCUT2D eigenvalue weighted by molar-refractivity contribution is 6.25. The van der Waals surface area contributed by atoms with Crippen LogP contribution in [0.1, 0.15) is 35.4 Å². The van der Waals surface area contributed by atoms with Crippen LogP contribution in [-0.4, -0.2) is 44.7 Å². The number of likely N-dealkylation sites (N-methyl/N-ethyl adjacent to an activating group) is 1. The summed E-state index contributed by atoms with van der Waals surface area (Å²) in [6, 6.07) is 15.8. The molecule has 146 valence electrons. The van der Waals surface area contributed by atoms with Gasteiger partial charge in [-0.05, 0) is 42.8 Å². The summed E-state index contributed by atoms with van der Waals surface area (Å²) in [5, 5.41) is 25.8. The van der Waals surface area contributed by atoms with E-state index in [1.54, 1.807) is 0 Å². The van der Waals surface area contributed by atoms with Crippen molar-refractivity contribution in [3.63, 3.8) is 0 Å². The molecule has 28 heavy (non-hydrogen) atoms. The van der Waals surface area contributed by atoms with E-state index >= 15 is 0 Å². The lowest BCUT2D eigenvalue weighted by molar-refractivity contribution is 0.556. The first kappa shape index (κ1) is 21.2. The Morgan fingerprint density at radius 3 is 2.04 bits per heavy atom. The number of nitrogens with one attached hydrogen (secondary N) is 4. The molecule has 0 bridgehead atoms. The van der Waals surface area contributed by atoms with E-state index < -0.39 is 0 Å². The molecule has 0 aliphatic carbocycles. The number of aliphatic imine (C=N–C) groups is 1. The van der Waals surface area contributed by atoms with Crippen LogP contribution in [0.2, 0.25) is 0 Å². The lowest BCUT2D eigenvalue weighted by Crippen LogP contribution is -2.18. The van der Waals surface area contributed by atoms with Crippen molar-refractivity contribution in [1.29, 1.82) is 16.2 Å². The molecule has 0 spiro atoms. The maximum Gasteiger partial charge on any atom is 0.229 e. The summed E-state index contributed by atoms with van der Waals surface area (Å²) in [5.74, 6) is 0.506. The normalized spacial score (nSPS) is 13.1. The molecule has 0 radical (unpaired) electrons. The Kier molecular flexibility index (Phi) is 8.24. The summed E-state index contributed by atoms with van der Waals surface area (Å²) in [7, 11) is 1.92. The highest BCUT2D eigenvalue weighted by Gasteiger charge is 2.15. The van der Waals surface area contributed by atoms with Crippen LogP contribution in [0.4, 0.5) is 0 Å². The van der Waals surface area contributed by atoms with Gasteiger partial charge in [-0.3, -0.25) is 10.4 Å². The van der Waals surface area contributed by atoms with Gasteiger partial charge < -0.3 is 20.9 Å². The van der Waals surface area contributed by atoms with Crippen molar-refractivity contribution in [3.8, 4) is 5.75 Å². The van der Waals surface area contributed by atoms with Crippen molar-refractivity contribution in [2.24, 2.45) is 4.99 Å². The van der Waals surface area contributed by atoms with Crippen LogP contribution < -0.4 is 10.1 Å². The van der Waals surface area contributed by atoms with Gasteiger partial charge >= 0.3 is 0 Å². The predicted molar refractivity (Wildman–Crippen MR) is 116 cm³/mol. The Morgan fingerprint density at radius 1 is 1.00 bits per heavy atom. The molecule has 0 amide bonds. The molecule has 2 aromatic carbocycles. The third-order valence-electron chi connectivity index (χ3n) is 4.39. The van der Waals surface area contributed by atoms with Crippen LogP contribution in [0.25, 0.3) is 0 Å². The molecule has 6 nitrogen and oxygen atoms in total. The molecule has 0 heterocycles. The van der Waals surface area contributed by atoms with Crippen LogP contribution in [0.15, 0.2) is 53.5 Å². The average molecular weight is 377 g/mol. The van der Waals surface area contributed by atoms with Gasteiger partial charge in [0.1, 0.15) is 5.75 Å². The van der Waals surface area contributed by atoms with Crippen LogP contribution in [0.5, 0.6) is 5.75 Å². The highest BCUT2D eigenvalue weighted by Crippen LogP contribution is 2.27. The minimum absolute atomic E-state index is 0.0175. The summed E-state index contributed by atoms with van der Waals surface area (Å²) >= 11 is 0. The average Bonchev–Trinajstić information content (AvgIpc) is 2.73. The van der Waals surface area contributed by atoms with E-state index in [1.807, 2.05) is 50.4 Å². The summed E-state index contributed by atoms with van der Waals surface area (Å²) in [4.78, 5) is 4.00. The van der Waals surface area contributed by atoms with Crippen molar-refractivity contribution < 1.29 is 4.74 Å². The molecule has 6 heteroatoms. The summed E-state index contributed by atoms with van der Waals surface area (Å²) in [6.45, 7) is 3.30. The van der Waals surface area contributed by atoms with Gasteiger partial charge in [-0.25, -0.2) is 0 Å². The summed E-state index contributed by atoms with van der Waals surface area (Å²) < 4.78 is 5.46. The fraction of sp³-hybridized carbons (Fsp3) is 0.273. The number of rotatable bonds is 10. The third kappa shape index (κ3) is 5.69.